The number of nitrogens with two attached hydrogens (primary N) is 2. The second-order valence-corrected chi connectivity index (χ2v) is 5.05. The Kier molecular flexibility index (Phi) is 4.70. The van der Waals surface area contributed by atoms with Gasteiger partial charge in [-0.05, 0) is 37.1 Å². The Hall–Kier alpha value is -1.92. The molecule has 1 atom stereocenters. The van der Waals surface area contributed by atoms with Crippen molar-refractivity contribution >= 4 is 11.8 Å². The van der Waals surface area contributed by atoms with Gasteiger partial charge in [0.1, 0.15) is 0 Å². The van der Waals surface area contributed by atoms with Crippen LogP contribution in [0.15, 0.2) is 24.3 Å². The molecule has 1 fully saturated rings. The van der Waals surface area contributed by atoms with E-state index in [1.807, 2.05) is 12.1 Å². The van der Waals surface area contributed by atoms with Crippen LogP contribution in [-0.4, -0.2) is 29.3 Å². The van der Waals surface area contributed by atoms with Gasteiger partial charge in [-0.15, -0.1) is 0 Å². The molecule has 5 N–H and O–H groups in total. The largest absolute Gasteiger partial charge is 0.368 e. The molecule has 0 radical (unpaired) electrons. The number of primary amides is 1. The van der Waals surface area contributed by atoms with Crippen LogP contribution in [0.1, 0.15) is 35.2 Å². The van der Waals surface area contributed by atoms with Crippen LogP contribution in [0.4, 0.5) is 0 Å². The van der Waals surface area contributed by atoms with Crippen molar-refractivity contribution in [1.29, 1.82) is 0 Å². The fourth-order valence-corrected chi connectivity index (χ4v) is 2.58. The quantitative estimate of drug-likeness (QED) is 0.413. The second kappa shape index (κ2) is 6.49. The molecular weight excluding hydrogens is 256 g/mol. The molecule has 108 valence electrons. The topological polar surface area (TPSA) is 101 Å². The first-order chi connectivity index (χ1) is 9.61. The Labute approximate surface area is 118 Å². The molecule has 0 spiro atoms. The third kappa shape index (κ3) is 3.34. The summed E-state index contributed by atoms with van der Waals surface area (Å²) in [6.07, 6.45) is 2.94. The molecule has 6 heteroatoms. The minimum absolute atomic E-state index is 0.184. The van der Waals surface area contributed by atoms with Crippen LogP contribution in [0.3, 0.4) is 0 Å². The molecule has 0 bridgehead atoms. The van der Waals surface area contributed by atoms with Crippen molar-refractivity contribution in [3.8, 4) is 0 Å². The molecule has 1 aromatic carbocycles. The van der Waals surface area contributed by atoms with Crippen molar-refractivity contribution in [3.05, 3.63) is 35.4 Å². The van der Waals surface area contributed by atoms with E-state index in [1.165, 1.54) is 0 Å². The Morgan fingerprint density at radius 3 is 2.55 bits per heavy atom. The Balaban J connectivity index is 2.05. The van der Waals surface area contributed by atoms with Gasteiger partial charge < -0.3 is 5.73 Å². The van der Waals surface area contributed by atoms with Crippen molar-refractivity contribution in [2.24, 2.45) is 11.6 Å². The van der Waals surface area contributed by atoms with Gasteiger partial charge in [0.15, 0.2) is 0 Å². The summed E-state index contributed by atoms with van der Waals surface area (Å²) >= 11 is 0. The second-order valence-electron chi connectivity index (χ2n) is 5.05. The van der Waals surface area contributed by atoms with E-state index >= 15 is 0 Å². The van der Waals surface area contributed by atoms with Gasteiger partial charge in [0.2, 0.25) is 5.91 Å². The van der Waals surface area contributed by atoms with Crippen LogP contribution in [0, 0.1) is 0 Å². The van der Waals surface area contributed by atoms with E-state index < -0.39 is 0 Å². The van der Waals surface area contributed by atoms with E-state index in [4.69, 9.17) is 11.6 Å². The summed E-state index contributed by atoms with van der Waals surface area (Å²) in [5.41, 5.74) is 9.10. The van der Waals surface area contributed by atoms with Gasteiger partial charge in [0, 0.05) is 12.1 Å². The van der Waals surface area contributed by atoms with E-state index in [9.17, 15) is 9.59 Å². The Bertz CT molecular complexity index is 486. The molecule has 1 aromatic rings. The first kappa shape index (κ1) is 14.5. The zero-order chi connectivity index (χ0) is 14.5. The third-order valence-electron chi connectivity index (χ3n) is 3.67. The summed E-state index contributed by atoms with van der Waals surface area (Å²) in [6.45, 7) is 1.54. The highest BCUT2D eigenvalue weighted by Crippen LogP contribution is 2.19. The smallest absolute Gasteiger partial charge is 0.265 e. The number of nitrogens with zero attached hydrogens (tertiary/aromatic N) is 1. The van der Waals surface area contributed by atoms with Crippen molar-refractivity contribution in [1.82, 2.24) is 10.3 Å². The molecule has 0 saturated carbocycles. The predicted molar refractivity (Wildman–Crippen MR) is 75.3 cm³/mol. The highest BCUT2D eigenvalue weighted by molar-refractivity contribution is 5.93. The van der Waals surface area contributed by atoms with Gasteiger partial charge in [0.05, 0.1) is 6.04 Å². The van der Waals surface area contributed by atoms with Gasteiger partial charge in [-0.2, -0.15) is 0 Å². The van der Waals surface area contributed by atoms with E-state index in [-0.39, 0.29) is 17.9 Å². The summed E-state index contributed by atoms with van der Waals surface area (Å²) in [5.74, 6) is 4.51. The molecule has 0 aromatic heterocycles. The number of hydrogen-bond donors (Lipinski definition) is 3. The molecular formula is C14H20N4O2. The molecule has 1 aliphatic heterocycles. The minimum Gasteiger partial charge on any atom is -0.368 e. The number of nitrogens with one attached hydrogen (secondary N) is 1. The molecule has 2 rings (SSSR count). The lowest BCUT2D eigenvalue weighted by atomic mass is 10.0. The van der Waals surface area contributed by atoms with Gasteiger partial charge in [-0.3, -0.25) is 19.9 Å². The number of carbonyl (C=O) groups is 2. The number of hydrogen-bond acceptors (Lipinski definition) is 4. The van der Waals surface area contributed by atoms with E-state index in [0.717, 1.165) is 31.4 Å². The summed E-state index contributed by atoms with van der Waals surface area (Å²) in [6, 6.07) is 7.01. The van der Waals surface area contributed by atoms with Crippen LogP contribution in [0.25, 0.3) is 0 Å². The molecule has 20 heavy (non-hydrogen) atoms. The number of hydrazine groups is 1. The average molecular weight is 276 g/mol. The van der Waals surface area contributed by atoms with Crippen molar-refractivity contribution in [3.63, 3.8) is 0 Å². The minimum atomic E-state index is -0.315. The number of piperidine rings is 1. The molecule has 2 amide bonds. The summed E-state index contributed by atoms with van der Waals surface area (Å²) < 4.78 is 0. The summed E-state index contributed by atoms with van der Waals surface area (Å²) in [7, 11) is 0. The monoisotopic (exact) mass is 276 g/mol. The molecule has 1 unspecified atom stereocenters. The van der Waals surface area contributed by atoms with E-state index in [0.29, 0.717) is 12.1 Å². The lowest BCUT2D eigenvalue weighted by Gasteiger charge is -2.33. The van der Waals surface area contributed by atoms with Crippen LogP contribution in [-0.2, 0) is 11.3 Å². The zero-order valence-corrected chi connectivity index (χ0v) is 11.3. The average Bonchev–Trinajstić information content (AvgIpc) is 2.47. The van der Waals surface area contributed by atoms with Gasteiger partial charge in [-0.25, -0.2) is 5.84 Å². The standard InChI is InChI=1S/C14H20N4O2/c15-13(19)12-3-1-2-8-18(12)9-10-4-6-11(7-5-10)14(20)17-16/h4-7,12H,1-3,8-9,16H2,(H2,15,19)(H,17,20). The third-order valence-corrected chi connectivity index (χ3v) is 3.67. The Morgan fingerprint density at radius 2 is 1.95 bits per heavy atom. The highest BCUT2D eigenvalue weighted by Gasteiger charge is 2.26. The molecule has 6 nitrogen and oxygen atoms in total. The molecule has 1 heterocycles. The van der Waals surface area contributed by atoms with Gasteiger partial charge in [0.25, 0.3) is 5.91 Å². The number of nitrogen functional groups attached to an aromatic ring is 1. The van der Waals surface area contributed by atoms with Crippen LogP contribution < -0.4 is 17.0 Å². The number of amides is 2. The van der Waals surface area contributed by atoms with Crippen LogP contribution in [0.5, 0.6) is 0 Å². The number of benzene rings is 1. The summed E-state index contributed by atoms with van der Waals surface area (Å²) in [4.78, 5) is 24.9. The zero-order valence-electron chi connectivity index (χ0n) is 11.3. The molecule has 1 aliphatic rings. The normalized spacial score (nSPS) is 19.6. The van der Waals surface area contributed by atoms with Crippen molar-refractivity contribution in [2.45, 2.75) is 31.8 Å². The Morgan fingerprint density at radius 1 is 1.25 bits per heavy atom. The van der Waals surface area contributed by atoms with Crippen molar-refractivity contribution in [2.75, 3.05) is 6.54 Å². The maximum absolute atomic E-state index is 11.5. The lowest BCUT2D eigenvalue weighted by Crippen LogP contribution is -2.47. The maximum atomic E-state index is 11.5. The van der Waals surface area contributed by atoms with E-state index in [2.05, 4.69) is 10.3 Å². The molecule has 1 saturated heterocycles. The van der Waals surface area contributed by atoms with Gasteiger partial charge in [-0.1, -0.05) is 18.6 Å². The SMILES string of the molecule is NNC(=O)c1ccc(CN2CCCCC2C(N)=O)cc1. The number of rotatable bonds is 4. The van der Waals surface area contributed by atoms with Gasteiger partial charge >= 0.3 is 0 Å². The fraction of sp³-hybridized carbons (Fsp3) is 0.429. The fourth-order valence-electron chi connectivity index (χ4n) is 2.58. The van der Waals surface area contributed by atoms with Crippen LogP contribution >= 0.6 is 0 Å². The highest BCUT2D eigenvalue weighted by atomic mass is 16.2. The first-order valence-corrected chi connectivity index (χ1v) is 6.75. The predicted octanol–water partition coefficient (Wildman–Crippen LogP) is 0.130. The molecule has 0 aliphatic carbocycles. The van der Waals surface area contributed by atoms with Crippen molar-refractivity contribution < 1.29 is 9.59 Å². The maximum Gasteiger partial charge on any atom is 0.265 e. The number of carbonyl (C=O) groups excluding carboxylic acids is 2. The summed E-state index contributed by atoms with van der Waals surface area (Å²) in [5, 5.41) is 0. The first-order valence-electron chi connectivity index (χ1n) is 6.75. The number of likely N-dealkylation sites (tertiary alicyclic amines) is 1. The van der Waals surface area contributed by atoms with E-state index in [1.54, 1.807) is 12.1 Å². The lowest BCUT2D eigenvalue weighted by molar-refractivity contribution is -0.124. The van der Waals surface area contributed by atoms with Crippen LogP contribution in [0.2, 0.25) is 0 Å².